The molecule has 3 aliphatic carbocycles. The minimum absolute atomic E-state index is 0.00458. The molecule has 3 rings (SSSR count). The van der Waals surface area contributed by atoms with Crippen molar-refractivity contribution in [2.24, 2.45) is 23.2 Å². The first-order chi connectivity index (χ1) is 6.98. The molecule has 1 fully saturated rings. The van der Waals surface area contributed by atoms with Gasteiger partial charge in [-0.15, -0.1) is 0 Å². The van der Waals surface area contributed by atoms with Gasteiger partial charge in [0.05, 0.1) is 12.5 Å². The van der Waals surface area contributed by atoms with E-state index in [0.717, 1.165) is 0 Å². The molecule has 1 saturated carbocycles. The Bertz CT molecular complexity index is 314. The van der Waals surface area contributed by atoms with Crippen LogP contribution in [-0.2, 0) is 9.53 Å². The van der Waals surface area contributed by atoms with Crippen LogP contribution in [0.15, 0.2) is 11.6 Å². The quantitative estimate of drug-likeness (QED) is 0.515. The van der Waals surface area contributed by atoms with E-state index in [1.807, 2.05) is 6.92 Å². The highest BCUT2D eigenvalue weighted by atomic mass is 16.5. The van der Waals surface area contributed by atoms with E-state index >= 15 is 0 Å². The number of carbonyl (C=O) groups is 1. The zero-order chi connectivity index (χ0) is 11.2. The minimum atomic E-state index is -0.0342. The summed E-state index contributed by atoms with van der Waals surface area (Å²) in [4.78, 5) is 11.8. The van der Waals surface area contributed by atoms with Crippen LogP contribution in [0.1, 0.15) is 34.1 Å². The lowest BCUT2D eigenvalue weighted by atomic mass is 9.46. The lowest BCUT2D eigenvalue weighted by Crippen LogP contribution is -2.53. The molecule has 3 atom stereocenters. The van der Waals surface area contributed by atoms with Crippen LogP contribution in [0.4, 0.5) is 0 Å². The van der Waals surface area contributed by atoms with Gasteiger partial charge in [-0.2, -0.15) is 0 Å². The number of fused-ring (bicyclic) bond motifs is 1. The number of allylic oxidation sites excluding steroid dienone is 1. The van der Waals surface area contributed by atoms with E-state index in [1.165, 1.54) is 12.0 Å². The van der Waals surface area contributed by atoms with Crippen molar-refractivity contribution in [2.45, 2.75) is 34.1 Å². The van der Waals surface area contributed by atoms with Gasteiger partial charge in [0.25, 0.3) is 0 Å². The van der Waals surface area contributed by atoms with Crippen LogP contribution in [0.2, 0.25) is 0 Å². The van der Waals surface area contributed by atoms with Gasteiger partial charge in [-0.1, -0.05) is 25.5 Å². The molecule has 3 aliphatic rings. The maximum absolute atomic E-state index is 11.8. The van der Waals surface area contributed by atoms with Gasteiger partial charge in [0.1, 0.15) is 0 Å². The summed E-state index contributed by atoms with van der Waals surface area (Å²) in [5, 5.41) is 0. The zero-order valence-corrected chi connectivity index (χ0v) is 10.0. The Morgan fingerprint density at radius 3 is 2.73 bits per heavy atom. The Labute approximate surface area is 91.7 Å². The van der Waals surface area contributed by atoms with Gasteiger partial charge in [0.15, 0.2) is 0 Å². The van der Waals surface area contributed by atoms with E-state index in [-0.39, 0.29) is 17.3 Å². The number of hydrogen-bond acceptors (Lipinski definition) is 2. The van der Waals surface area contributed by atoms with Crippen molar-refractivity contribution in [1.29, 1.82) is 0 Å². The fourth-order valence-corrected chi connectivity index (χ4v) is 3.33. The lowest BCUT2D eigenvalue weighted by Gasteiger charge is -2.58. The third-order valence-corrected chi connectivity index (χ3v) is 4.33. The summed E-state index contributed by atoms with van der Waals surface area (Å²) in [6, 6.07) is 0. The van der Waals surface area contributed by atoms with E-state index in [9.17, 15) is 4.79 Å². The summed E-state index contributed by atoms with van der Waals surface area (Å²) in [5.41, 5.74) is 1.66. The number of esters is 1. The maximum Gasteiger partial charge on any atom is 0.313 e. The Morgan fingerprint density at radius 1 is 1.60 bits per heavy atom. The van der Waals surface area contributed by atoms with Crippen molar-refractivity contribution in [3.05, 3.63) is 11.6 Å². The number of carbonyl (C=O) groups excluding carboxylic acids is 1. The van der Waals surface area contributed by atoms with E-state index in [0.29, 0.717) is 18.4 Å². The topological polar surface area (TPSA) is 26.3 Å². The first-order valence-corrected chi connectivity index (χ1v) is 5.83. The minimum Gasteiger partial charge on any atom is -0.466 e. The van der Waals surface area contributed by atoms with E-state index in [2.05, 4.69) is 26.8 Å². The van der Waals surface area contributed by atoms with E-state index < -0.39 is 0 Å². The van der Waals surface area contributed by atoms with Gasteiger partial charge < -0.3 is 4.74 Å². The highest BCUT2D eigenvalue weighted by Gasteiger charge is 2.56. The molecule has 15 heavy (non-hydrogen) atoms. The molecule has 0 aliphatic heterocycles. The van der Waals surface area contributed by atoms with Gasteiger partial charge >= 0.3 is 5.97 Å². The molecule has 3 unspecified atom stereocenters. The Morgan fingerprint density at radius 2 is 2.27 bits per heavy atom. The number of ether oxygens (including phenoxy) is 1. The van der Waals surface area contributed by atoms with Crippen molar-refractivity contribution in [2.75, 3.05) is 6.61 Å². The summed E-state index contributed by atoms with van der Waals surface area (Å²) in [6.45, 7) is 9.04. The molecule has 2 bridgehead atoms. The average Bonchev–Trinajstić information content (AvgIpc) is 2.16. The third kappa shape index (κ3) is 1.42. The SMILES string of the molecule is CCOC(=O)C1C=C(C)C2CC1C2(C)C. The summed E-state index contributed by atoms with van der Waals surface area (Å²) >= 11 is 0. The second-order valence-electron chi connectivity index (χ2n) is 5.40. The maximum atomic E-state index is 11.8. The van der Waals surface area contributed by atoms with Crippen molar-refractivity contribution >= 4 is 5.97 Å². The predicted molar refractivity (Wildman–Crippen MR) is 59.3 cm³/mol. The molecule has 0 amide bonds. The summed E-state index contributed by atoms with van der Waals surface area (Å²) < 4.78 is 5.13. The van der Waals surface area contributed by atoms with Gasteiger partial charge in [-0.25, -0.2) is 0 Å². The van der Waals surface area contributed by atoms with Crippen LogP contribution in [0.25, 0.3) is 0 Å². The molecule has 0 saturated heterocycles. The van der Waals surface area contributed by atoms with Crippen LogP contribution in [0.3, 0.4) is 0 Å². The molecule has 0 aromatic heterocycles. The standard InChI is InChI=1S/C13H20O2/c1-5-15-12(14)9-6-8(2)10-7-11(9)13(10,3)4/h6,9-11H,5,7H2,1-4H3. The first kappa shape index (κ1) is 10.7. The average molecular weight is 208 g/mol. The Hall–Kier alpha value is -0.790. The Balaban J connectivity index is 2.21. The second kappa shape index (κ2) is 3.36. The molecular weight excluding hydrogens is 188 g/mol. The second-order valence-corrected chi connectivity index (χ2v) is 5.40. The van der Waals surface area contributed by atoms with E-state index in [1.54, 1.807) is 0 Å². The summed E-state index contributed by atoms with van der Waals surface area (Å²) in [7, 11) is 0. The third-order valence-electron chi connectivity index (χ3n) is 4.33. The zero-order valence-electron chi connectivity index (χ0n) is 10.0. The highest BCUT2D eigenvalue weighted by molar-refractivity contribution is 5.76. The van der Waals surface area contributed by atoms with E-state index in [4.69, 9.17) is 4.74 Å². The lowest BCUT2D eigenvalue weighted by molar-refractivity contribution is -0.156. The van der Waals surface area contributed by atoms with Crippen molar-refractivity contribution in [1.82, 2.24) is 0 Å². The smallest absolute Gasteiger partial charge is 0.313 e. The molecule has 0 aromatic rings. The van der Waals surface area contributed by atoms with Crippen molar-refractivity contribution in [3.8, 4) is 0 Å². The summed E-state index contributed by atoms with van der Waals surface area (Å²) in [5.74, 6) is 1.15. The normalized spacial score (nSPS) is 36.5. The molecule has 0 N–H and O–H groups in total. The molecule has 2 nitrogen and oxygen atoms in total. The fraction of sp³-hybridized carbons (Fsp3) is 0.769. The van der Waals surface area contributed by atoms with Crippen molar-refractivity contribution < 1.29 is 9.53 Å². The molecule has 0 spiro atoms. The number of rotatable bonds is 2. The fourth-order valence-electron chi connectivity index (χ4n) is 3.33. The van der Waals surface area contributed by atoms with Gasteiger partial charge in [-0.3, -0.25) is 4.79 Å². The Kier molecular flexibility index (Phi) is 2.40. The molecule has 0 radical (unpaired) electrons. The highest BCUT2D eigenvalue weighted by Crippen LogP contribution is 2.61. The first-order valence-electron chi connectivity index (χ1n) is 5.83. The predicted octanol–water partition coefficient (Wildman–Crippen LogP) is 2.79. The van der Waals surface area contributed by atoms with Crippen LogP contribution in [-0.4, -0.2) is 12.6 Å². The molecule has 84 valence electrons. The van der Waals surface area contributed by atoms with Crippen molar-refractivity contribution in [3.63, 3.8) is 0 Å². The number of hydrogen-bond donors (Lipinski definition) is 0. The van der Waals surface area contributed by atoms with Gasteiger partial charge in [0.2, 0.25) is 0 Å². The van der Waals surface area contributed by atoms with Crippen LogP contribution in [0, 0.1) is 23.2 Å². The molecule has 0 heterocycles. The van der Waals surface area contributed by atoms with Crippen LogP contribution >= 0.6 is 0 Å². The molecular formula is C13H20O2. The van der Waals surface area contributed by atoms with Crippen LogP contribution < -0.4 is 0 Å². The van der Waals surface area contributed by atoms with Gasteiger partial charge in [-0.05, 0) is 37.5 Å². The van der Waals surface area contributed by atoms with Crippen LogP contribution in [0.5, 0.6) is 0 Å². The molecule has 0 aromatic carbocycles. The summed E-state index contributed by atoms with van der Waals surface area (Å²) in [6.07, 6.45) is 3.29. The van der Waals surface area contributed by atoms with Gasteiger partial charge in [0, 0.05) is 0 Å². The monoisotopic (exact) mass is 208 g/mol. The molecule has 2 heteroatoms. The largest absolute Gasteiger partial charge is 0.466 e.